The lowest BCUT2D eigenvalue weighted by molar-refractivity contribution is 0.619. The molecule has 3 rings (SSSR count). The molecule has 3 heteroatoms. The van der Waals surface area contributed by atoms with Gasteiger partial charge in [-0.25, -0.2) is 0 Å². The van der Waals surface area contributed by atoms with Gasteiger partial charge in [0.1, 0.15) is 11.3 Å². The van der Waals surface area contributed by atoms with Gasteiger partial charge in [0.15, 0.2) is 5.43 Å². The second-order valence-corrected chi connectivity index (χ2v) is 3.84. The molecule has 0 bridgehead atoms. The van der Waals surface area contributed by atoms with Gasteiger partial charge in [-0.05, 0) is 12.1 Å². The summed E-state index contributed by atoms with van der Waals surface area (Å²) in [5, 5.41) is 0.618. The summed E-state index contributed by atoms with van der Waals surface area (Å²) in [6.45, 7) is 0. The highest BCUT2D eigenvalue weighted by Crippen LogP contribution is 2.21. The standard InChI is InChI=1S/C15H10O2.CH4.H2O/c16-13-10-15(11-6-2-1-3-7-11)17-14-9-5-4-8-12(13)14;;/h1-10H;1H4;1H2. The Hall–Kier alpha value is -2.39. The fourth-order valence-corrected chi connectivity index (χ4v) is 1.85. The first-order valence-electron chi connectivity index (χ1n) is 5.43. The van der Waals surface area contributed by atoms with Crippen molar-refractivity contribution in [1.82, 2.24) is 0 Å². The molecule has 2 aromatic carbocycles. The monoisotopic (exact) mass is 256 g/mol. The molecule has 0 atom stereocenters. The second-order valence-electron chi connectivity index (χ2n) is 3.84. The maximum absolute atomic E-state index is 11.9. The molecule has 19 heavy (non-hydrogen) atoms. The normalized spacial score (nSPS) is 9.47. The van der Waals surface area contributed by atoms with Crippen LogP contribution in [-0.4, -0.2) is 5.48 Å². The molecule has 3 nitrogen and oxygen atoms in total. The number of fused-ring (bicyclic) bond motifs is 1. The Morgan fingerprint density at radius 2 is 1.47 bits per heavy atom. The summed E-state index contributed by atoms with van der Waals surface area (Å²) in [6.07, 6.45) is 0. The summed E-state index contributed by atoms with van der Waals surface area (Å²) in [5.74, 6) is 0.606. The van der Waals surface area contributed by atoms with E-state index in [1.807, 2.05) is 48.5 Å². The topological polar surface area (TPSA) is 61.7 Å². The van der Waals surface area contributed by atoms with E-state index in [0.29, 0.717) is 16.7 Å². The zero-order valence-corrected chi connectivity index (χ0v) is 9.59. The first kappa shape index (κ1) is 14.7. The summed E-state index contributed by atoms with van der Waals surface area (Å²) in [5.41, 5.74) is 1.53. The molecule has 98 valence electrons. The summed E-state index contributed by atoms with van der Waals surface area (Å²) in [7, 11) is 0. The van der Waals surface area contributed by atoms with Crippen LogP contribution < -0.4 is 5.43 Å². The van der Waals surface area contributed by atoms with Crippen LogP contribution >= 0.6 is 0 Å². The average Bonchev–Trinajstić information content (AvgIpc) is 2.40. The number of hydrogen-bond acceptors (Lipinski definition) is 2. The fraction of sp³-hybridized carbons (Fsp3) is 0.0625. The van der Waals surface area contributed by atoms with Crippen LogP contribution in [0, 0.1) is 0 Å². The molecule has 0 saturated heterocycles. The number of para-hydroxylation sites is 1. The smallest absolute Gasteiger partial charge is 0.193 e. The first-order valence-corrected chi connectivity index (χ1v) is 5.43. The summed E-state index contributed by atoms with van der Waals surface area (Å²) in [4.78, 5) is 11.9. The molecule has 0 aliphatic rings. The van der Waals surface area contributed by atoms with Crippen LogP contribution in [0.1, 0.15) is 7.43 Å². The lowest BCUT2D eigenvalue weighted by atomic mass is 10.1. The van der Waals surface area contributed by atoms with Gasteiger partial charge in [-0.3, -0.25) is 4.79 Å². The summed E-state index contributed by atoms with van der Waals surface area (Å²) < 4.78 is 5.73. The zero-order valence-electron chi connectivity index (χ0n) is 9.59. The van der Waals surface area contributed by atoms with E-state index in [9.17, 15) is 4.79 Å². The molecule has 0 unspecified atom stereocenters. The Labute approximate surface area is 111 Å². The number of rotatable bonds is 1. The highest BCUT2D eigenvalue weighted by atomic mass is 16.3. The lowest BCUT2D eigenvalue weighted by Crippen LogP contribution is -1.99. The Kier molecular flexibility index (Phi) is 4.62. The minimum absolute atomic E-state index is 0. The highest BCUT2D eigenvalue weighted by molar-refractivity contribution is 5.78. The Morgan fingerprint density at radius 3 is 2.21 bits per heavy atom. The SMILES string of the molecule is C.O.O=c1cc(-c2ccccc2)oc2ccccc12. The van der Waals surface area contributed by atoms with E-state index in [-0.39, 0.29) is 18.3 Å². The van der Waals surface area contributed by atoms with Gasteiger partial charge in [0, 0.05) is 11.6 Å². The third kappa shape index (κ3) is 2.72. The lowest BCUT2D eigenvalue weighted by Gasteiger charge is -2.02. The molecule has 2 N–H and O–H groups in total. The molecule has 0 spiro atoms. The predicted molar refractivity (Wildman–Crippen MR) is 78.3 cm³/mol. The molecule has 1 aromatic heterocycles. The molecule has 0 amide bonds. The first-order chi connectivity index (χ1) is 8.34. The van der Waals surface area contributed by atoms with Crippen molar-refractivity contribution >= 4 is 11.0 Å². The summed E-state index contributed by atoms with van der Waals surface area (Å²) in [6, 6.07) is 18.4. The zero-order chi connectivity index (χ0) is 11.7. The Bertz CT molecular complexity index is 715. The molecule has 3 aromatic rings. The largest absolute Gasteiger partial charge is 0.456 e. The molecular formula is C16H16O3. The minimum atomic E-state index is -0.00861. The van der Waals surface area contributed by atoms with Crippen molar-refractivity contribution in [2.24, 2.45) is 0 Å². The Morgan fingerprint density at radius 1 is 0.842 bits per heavy atom. The van der Waals surface area contributed by atoms with Gasteiger partial charge in [0.25, 0.3) is 0 Å². The van der Waals surface area contributed by atoms with Crippen LogP contribution in [-0.2, 0) is 0 Å². The molecule has 0 aliphatic heterocycles. The second kappa shape index (κ2) is 5.98. The Balaban J connectivity index is 0.000000902. The predicted octanol–water partition coefficient (Wildman–Crippen LogP) is 3.27. The maximum atomic E-state index is 11.9. The number of hydrogen-bond donors (Lipinski definition) is 0. The van der Waals surface area contributed by atoms with Gasteiger partial charge in [-0.15, -0.1) is 0 Å². The van der Waals surface area contributed by atoms with E-state index in [2.05, 4.69) is 0 Å². The van der Waals surface area contributed by atoms with Crippen molar-refractivity contribution in [1.29, 1.82) is 0 Å². The van der Waals surface area contributed by atoms with Gasteiger partial charge in [0.05, 0.1) is 5.39 Å². The molecular weight excluding hydrogens is 240 g/mol. The van der Waals surface area contributed by atoms with E-state index in [4.69, 9.17) is 4.42 Å². The van der Waals surface area contributed by atoms with Crippen molar-refractivity contribution in [3.05, 3.63) is 70.9 Å². The minimum Gasteiger partial charge on any atom is -0.456 e. The van der Waals surface area contributed by atoms with Crippen molar-refractivity contribution in [3.63, 3.8) is 0 Å². The fourth-order valence-electron chi connectivity index (χ4n) is 1.85. The number of benzene rings is 2. The van der Waals surface area contributed by atoms with Gasteiger partial charge >= 0.3 is 0 Å². The van der Waals surface area contributed by atoms with Crippen LogP contribution in [0.15, 0.2) is 69.9 Å². The quantitative estimate of drug-likeness (QED) is 0.670. The summed E-state index contributed by atoms with van der Waals surface area (Å²) >= 11 is 0. The van der Waals surface area contributed by atoms with E-state index < -0.39 is 0 Å². The average molecular weight is 256 g/mol. The van der Waals surface area contributed by atoms with Gasteiger partial charge in [-0.2, -0.15) is 0 Å². The van der Waals surface area contributed by atoms with Crippen molar-refractivity contribution in [3.8, 4) is 11.3 Å². The highest BCUT2D eigenvalue weighted by Gasteiger charge is 2.05. The van der Waals surface area contributed by atoms with E-state index in [1.165, 1.54) is 6.07 Å². The molecule has 0 aliphatic carbocycles. The maximum Gasteiger partial charge on any atom is 0.193 e. The van der Waals surface area contributed by atoms with Crippen molar-refractivity contribution in [2.45, 2.75) is 7.43 Å². The van der Waals surface area contributed by atoms with E-state index in [1.54, 1.807) is 6.07 Å². The van der Waals surface area contributed by atoms with Crippen LogP contribution in [0.4, 0.5) is 0 Å². The molecule has 0 saturated carbocycles. The van der Waals surface area contributed by atoms with Crippen molar-refractivity contribution in [2.75, 3.05) is 0 Å². The van der Waals surface area contributed by atoms with Crippen LogP contribution in [0.25, 0.3) is 22.3 Å². The van der Waals surface area contributed by atoms with E-state index >= 15 is 0 Å². The van der Waals surface area contributed by atoms with Crippen LogP contribution in [0.5, 0.6) is 0 Å². The molecule has 1 heterocycles. The third-order valence-electron chi connectivity index (χ3n) is 2.69. The van der Waals surface area contributed by atoms with Crippen LogP contribution in [0.2, 0.25) is 0 Å². The molecule has 0 fully saturated rings. The molecule has 0 radical (unpaired) electrons. The van der Waals surface area contributed by atoms with Gasteiger partial charge < -0.3 is 9.89 Å². The van der Waals surface area contributed by atoms with Crippen molar-refractivity contribution < 1.29 is 9.89 Å². The van der Waals surface area contributed by atoms with Crippen LogP contribution in [0.3, 0.4) is 0 Å². The van der Waals surface area contributed by atoms with E-state index in [0.717, 1.165) is 5.56 Å². The van der Waals surface area contributed by atoms with Gasteiger partial charge in [0.2, 0.25) is 0 Å². The third-order valence-corrected chi connectivity index (χ3v) is 2.69. The van der Waals surface area contributed by atoms with Gasteiger partial charge in [-0.1, -0.05) is 49.9 Å².